The molecule has 0 fully saturated rings. The van der Waals surface area contributed by atoms with Gasteiger partial charge in [0, 0.05) is 43.5 Å². The third-order valence-electron chi connectivity index (χ3n) is 4.54. The summed E-state index contributed by atoms with van der Waals surface area (Å²) in [5, 5.41) is 6.05. The van der Waals surface area contributed by atoms with Gasteiger partial charge in [0.1, 0.15) is 11.6 Å². The van der Waals surface area contributed by atoms with Gasteiger partial charge in [0.05, 0.1) is 6.04 Å². The Labute approximate surface area is 141 Å². The first-order valence-electron chi connectivity index (χ1n) is 8.40. The van der Waals surface area contributed by atoms with Crippen molar-refractivity contribution in [3.8, 4) is 0 Å². The number of nitrogens with one attached hydrogen (secondary N) is 2. The lowest BCUT2D eigenvalue weighted by molar-refractivity contribution is -0.122. The molecule has 1 aromatic carbocycles. The van der Waals surface area contributed by atoms with E-state index >= 15 is 0 Å². The van der Waals surface area contributed by atoms with Crippen molar-refractivity contribution in [3.63, 3.8) is 0 Å². The molecule has 0 saturated heterocycles. The molecule has 0 saturated carbocycles. The Morgan fingerprint density at radius 3 is 3.12 bits per heavy atom. The standard InChI is InChI=1S/C18H23FN4O/c1-13(18(24)22-11-14-5-2-3-7-16(14)19)21-12-15-6-4-9-23-10-8-20-17(15)23/h2-3,5,7-8,10,13,15,21H,4,6,9,11-12H2,1H3,(H,22,24)/t13-,15-/m0/s1. The summed E-state index contributed by atoms with van der Waals surface area (Å²) >= 11 is 0. The second-order valence-corrected chi connectivity index (χ2v) is 6.26. The first-order chi connectivity index (χ1) is 11.6. The predicted octanol–water partition coefficient (Wildman–Crippen LogP) is 2.19. The minimum atomic E-state index is -0.331. The SMILES string of the molecule is C[C@H](NC[C@@H]1CCCn2ccnc21)C(=O)NCc1ccccc1F. The Morgan fingerprint density at radius 1 is 1.46 bits per heavy atom. The molecule has 1 aliphatic heterocycles. The zero-order chi connectivity index (χ0) is 16.9. The number of aromatic nitrogens is 2. The normalized spacial score (nSPS) is 18.0. The largest absolute Gasteiger partial charge is 0.351 e. The fourth-order valence-corrected chi connectivity index (χ4v) is 3.09. The van der Waals surface area contributed by atoms with Crippen LogP contribution in [0.3, 0.4) is 0 Å². The van der Waals surface area contributed by atoms with E-state index in [9.17, 15) is 9.18 Å². The molecule has 128 valence electrons. The maximum atomic E-state index is 13.6. The van der Waals surface area contributed by atoms with Crippen LogP contribution in [0.5, 0.6) is 0 Å². The predicted molar refractivity (Wildman–Crippen MR) is 89.9 cm³/mol. The van der Waals surface area contributed by atoms with Crippen LogP contribution < -0.4 is 10.6 Å². The number of carbonyl (C=O) groups excluding carboxylic acids is 1. The number of fused-ring (bicyclic) bond motifs is 1. The first kappa shape index (κ1) is 16.6. The monoisotopic (exact) mass is 330 g/mol. The Balaban J connectivity index is 1.48. The van der Waals surface area contributed by atoms with Crippen molar-refractivity contribution in [2.75, 3.05) is 6.54 Å². The third kappa shape index (κ3) is 3.82. The molecule has 2 atom stereocenters. The third-order valence-corrected chi connectivity index (χ3v) is 4.54. The van der Waals surface area contributed by atoms with E-state index in [1.54, 1.807) is 18.2 Å². The van der Waals surface area contributed by atoms with E-state index in [2.05, 4.69) is 20.2 Å². The number of halogens is 1. The van der Waals surface area contributed by atoms with E-state index in [0.717, 1.165) is 25.2 Å². The van der Waals surface area contributed by atoms with Crippen molar-refractivity contribution < 1.29 is 9.18 Å². The average Bonchev–Trinajstić information content (AvgIpc) is 3.08. The molecule has 1 aromatic heterocycles. The van der Waals surface area contributed by atoms with E-state index in [1.807, 2.05) is 19.3 Å². The van der Waals surface area contributed by atoms with Crippen molar-refractivity contribution in [1.82, 2.24) is 20.2 Å². The van der Waals surface area contributed by atoms with Gasteiger partial charge in [-0.25, -0.2) is 9.37 Å². The van der Waals surface area contributed by atoms with Crippen LogP contribution in [0.4, 0.5) is 4.39 Å². The number of imidazole rings is 1. The Morgan fingerprint density at radius 2 is 2.29 bits per heavy atom. The zero-order valence-corrected chi connectivity index (χ0v) is 13.8. The van der Waals surface area contributed by atoms with Crippen LogP contribution in [-0.4, -0.2) is 28.0 Å². The molecule has 1 amide bonds. The molecule has 6 heteroatoms. The molecule has 0 unspecified atom stereocenters. The van der Waals surface area contributed by atoms with Crippen molar-refractivity contribution in [2.24, 2.45) is 0 Å². The number of rotatable bonds is 6. The second-order valence-electron chi connectivity index (χ2n) is 6.26. The summed E-state index contributed by atoms with van der Waals surface area (Å²) in [4.78, 5) is 16.6. The van der Waals surface area contributed by atoms with Gasteiger partial charge in [-0.3, -0.25) is 4.79 Å². The summed E-state index contributed by atoms with van der Waals surface area (Å²) in [7, 11) is 0. The Bertz CT molecular complexity index is 700. The minimum absolute atomic E-state index is 0.127. The molecule has 0 radical (unpaired) electrons. The Kier molecular flexibility index (Phi) is 5.25. The summed E-state index contributed by atoms with van der Waals surface area (Å²) in [5.74, 6) is 0.994. The van der Waals surface area contributed by atoms with Gasteiger partial charge in [-0.1, -0.05) is 18.2 Å². The minimum Gasteiger partial charge on any atom is -0.351 e. The Hall–Kier alpha value is -2.21. The number of hydrogen-bond donors (Lipinski definition) is 2. The number of nitrogens with zero attached hydrogens (tertiary/aromatic N) is 2. The van der Waals surface area contributed by atoms with Crippen LogP contribution in [0.1, 0.15) is 37.1 Å². The smallest absolute Gasteiger partial charge is 0.237 e. The molecule has 1 aliphatic rings. The summed E-state index contributed by atoms with van der Waals surface area (Å²) in [6.07, 6.45) is 6.04. The fourth-order valence-electron chi connectivity index (χ4n) is 3.09. The van der Waals surface area contributed by atoms with Gasteiger partial charge in [0.25, 0.3) is 0 Å². The topological polar surface area (TPSA) is 59.0 Å². The highest BCUT2D eigenvalue weighted by Crippen LogP contribution is 2.24. The highest BCUT2D eigenvalue weighted by molar-refractivity contribution is 5.81. The molecular weight excluding hydrogens is 307 g/mol. The van der Waals surface area contributed by atoms with E-state index in [1.165, 1.54) is 6.07 Å². The van der Waals surface area contributed by atoms with Gasteiger partial charge in [-0.2, -0.15) is 0 Å². The molecule has 5 nitrogen and oxygen atoms in total. The van der Waals surface area contributed by atoms with E-state index in [0.29, 0.717) is 18.0 Å². The first-order valence-corrected chi connectivity index (χ1v) is 8.40. The van der Waals surface area contributed by atoms with Gasteiger partial charge in [0.15, 0.2) is 0 Å². The van der Waals surface area contributed by atoms with Crippen LogP contribution >= 0.6 is 0 Å². The van der Waals surface area contributed by atoms with Crippen LogP contribution in [0.25, 0.3) is 0 Å². The summed E-state index contributed by atoms with van der Waals surface area (Å²) < 4.78 is 15.7. The van der Waals surface area contributed by atoms with Crippen molar-refractivity contribution in [2.45, 2.75) is 44.8 Å². The van der Waals surface area contributed by atoms with Gasteiger partial charge in [-0.15, -0.1) is 0 Å². The molecule has 2 N–H and O–H groups in total. The number of carbonyl (C=O) groups is 1. The molecule has 0 spiro atoms. The lowest BCUT2D eigenvalue weighted by atomic mass is 9.98. The fraction of sp³-hybridized carbons (Fsp3) is 0.444. The second kappa shape index (κ2) is 7.57. The number of amides is 1. The quantitative estimate of drug-likeness (QED) is 0.854. The molecule has 3 rings (SSSR count). The number of aryl methyl sites for hydroxylation is 1. The maximum absolute atomic E-state index is 13.6. The van der Waals surface area contributed by atoms with Gasteiger partial charge in [-0.05, 0) is 25.8 Å². The summed E-state index contributed by atoms with van der Waals surface area (Å²) in [6, 6.07) is 6.14. The van der Waals surface area contributed by atoms with E-state index in [4.69, 9.17) is 0 Å². The average molecular weight is 330 g/mol. The molecule has 0 aliphatic carbocycles. The highest BCUT2D eigenvalue weighted by Gasteiger charge is 2.22. The van der Waals surface area contributed by atoms with Crippen molar-refractivity contribution in [3.05, 3.63) is 53.9 Å². The lowest BCUT2D eigenvalue weighted by Gasteiger charge is -2.25. The lowest BCUT2D eigenvalue weighted by Crippen LogP contribution is -2.43. The number of benzene rings is 1. The molecule has 2 heterocycles. The molecule has 24 heavy (non-hydrogen) atoms. The summed E-state index contributed by atoms with van der Waals surface area (Å²) in [6.45, 7) is 3.76. The summed E-state index contributed by atoms with van der Waals surface area (Å²) in [5.41, 5.74) is 0.493. The molecule has 0 bridgehead atoms. The van der Waals surface area contributed by atoms with Crippen molar-refractivity contribution >= 4 is 5.91 Å². The zero-order valence-electron chi connectivity index (χ0n) is 13.8. The van der Waals surface area contributed by atoms with E-state index in [-0.39, 0.29) is 24.3 Å². The molecule has 2 aromatic rings. The molecular formula is C18H23FN4O. The highest BCUT2D eigenvalue weighted by atomic mass is 19.1. The van der Waals surface area contributed by atoms with Crippen LogP contribution in [0, 0.1) is 5.82 Å². The van der Waals surface area contributed by atoms with Crippen molar-refractivity contribution in [1.29, 1.82) is 0 Å². The van der Waals surface area contributed by atoms with Gasteiger partial charge >= 0.3 is 0 Å². The van der Waals surface area contributed by atoms with Gasteiger partial charge in [0.2, 0.25) is 5.91 Å². The van der Waals surface area contributed by atoms with E-state index < -0.39 is 0 Å². The van der Waals surface area contributed by atoms with Crippen LogP contribution in [-0.2, 0) is 17.9 Å². The number of hydrogen-bond acceptors (Lipinski definition) is 3. The van der Waals surface area contributed by atoms with Crippen LogP contribution in [0.2, 0.25) is 0 Å². The van der Waals surface area contributed by atoms with Crippen LogP contribution in [0.15, 0.2) is 36.7 Å². The van der Waals surface area contributed by atoms with Gasteiger partial charge < -0.3 is 15.2 Å². The maximum Gasteiger partial charge on any atom is 0.237 e.